The zero-order valence-electron chi connectivity index (χ0n) is 18.7. The van der Waals surface area contributed by atoms with Gasteiger partial charge in [-0.2, -0.15) is 4.39 Å². The molecule has 1 atom stereocenters. The van der Waals surface area contributed by atoms with Crippen LogP contribution in [0.2, 0.25) is 0 Å². The molecule has 1 nitrogen and oxygen atoms in total. The van der Waals surface area contributed by atoms with E-state index < -0.39 is 13.2 Å². The van der Waals surface area contributed by atoms with Crippen molar-refractivity contribution in [3.8, 4) is 11.5 Å². The van der Waals surface area contributed by atoms with Crippen molar-refractivity contribution in [3.05, 3.63) is 151 Å². The van der Waals surface area contributed by atoms with E-state index in [4.69, 9.17) is 4.74 Å². The van der Waals surface area contributed by atoms with E-state index >= 15 is 4.39 Å². The average Bonchev–Trinajstić information content (AvgIpc) is 2.92. The molecular weight excluding hydrogens is 438 g/mol. The largest absolute Gasteiger partial charge is 0.457 e. The molecule has 0 fully saturated rings. The van der Waals surface area contributed by atoms with Gasteiger partial charge in [0.25, 0.3) is 0 Å². The maximum absolute atomic E-state index is 17.2. The second-order valence-corrected chi connectivity index (χ2v) is 11.5. The summed E-state index contributed by atoms with van der Waals surface area (Å²) in [5.41, 5.74) is 0.610. The molecule has 0 N–H and O–H groups in total. The van der Waals surface area contributed by atoms with Crippen LogP contribution in [0, 0.1) is 0 Å². The van der Waals surface area contributed by atoms with Gasteiger partial charge in [-0.25, -0.2) is 0 Å². The molecule has 1 unspecified atom stereocenters. The monoisotopic (exact) mass is 463 g/mol. The van der Waals surface area contributed by atoms with E-state index in [2.05, 4.69) is 36.4 Å². The van der Waals surface area contributed by atoms with Gasteiger partial charge in [0.2, 0.25) is 5.91 Å². The van der Waals surface area contributed by atoms with E-state index in [-0.39, 0.29) is 0 Å². The van der Waals surface area contributed by atoms with Gasteiger partial charge >= 0.3 is 0 Å². The molecule has 0 aliphatic rings. The van der Waals surface area contributed by atoms with E-state index in [1.165, 1.54) is 0 Å². The normalized spacial score (nSPS) is 12.1. The van der Waals surface area contributed by atoms with Gasteiger partial charge in [0.15, 0.2) is 7.26 Å². The van der Waals surface area contributed by atoms with Crippen molar-refractivity contribution < 1.29 is 9.13 Å². The molecule has 0 saturated carbocycles. The van der Waals surface area contributed by atoms with Crippen LogP contribution in [0.15, 0.2) is 146 Å². The lowest BCUT2D eigenvalue weighted by Gasteiger charge is -2.30. The van der Waals surface area contributed by atoms with Crippen molar-refractivity contribution >= 4 is 23.2 Å². The van der Waals surface area contributed by atoms with Crippen LogP contribution in [0.3, 0.4) is 0 Å². The van der Waals surface area contributed by atoms with Crippen LogP contribution in [-0.2, 0) is 0 Å². The summed E-state index contributed by atoms with van der Waals surface area (Å²) in [4.78, 5) is 0. The molecule has 0 aliphatic carbocycles. The summed E-state index contributed by atoms with van der Waals surface area (Å²) >= 11 is 0. The van der Waals surface area contributed by atoms with Crippen LogP contribution >= 0.6 is 7.26 Å². The first-order valence-electron chi connectivity index (χ1n) is 11.3. The van der Waals surface area contributed by atoms with Gasteiger partial charge in [-0.15, -0.1) is 0 Å². The third kappa shape index (κ3) is 4.25. The number of ether oxygens (including phenoxy) is 1. The molecule has 0 saturated heterocycles. The fourth-order valence-electron chi connectivity index (χ4n) is 4.40. The number of para-hydroxylation sites is 1. The number of alkyl halides is 1. The Morgan fingerprint density at radius 2 is 0.882 bits per heavy atom. The molecule has 0 radical (unpaired) electrons. The van der Waals surface area contributed by atoms with Gasteiger partial charge in [0.1, 0.15) is 27.4 Å². The minimum Gasteiger partial charge on any atom is -0.457 e. The standard InChI is InChI=1S/C31H25FOP/c32-31(25-14-13-17-27(24-25)33-26-15-5-1-6-16-26)34(28-18-7-2-8-19-28,29-20-9-3-10-21-29)30-22-11-4-12-23-30/h1-24,31H/q+1. The predicted molar refractivity (Wildman–Crippen MR) is 142 cm³/mol. The SMILES string of the molecule is FC(c1cccc(Oc2ccccc2)c1)[P+](c1ccccc1)(c1ccccc1)c1ccccc1. The first-order valence-corrected chi connectivity index (χ1v) is 13.2. The van der Waals surface area contributed by atoms with Gasteiger partial charge in [0, 0.05) is 5.56 Å². The first-order chi connectivity index (χ1) is 16.8. The number of benzene rings is 5. The Hall–Kier alpha value is -3.74. The average molecular weight is 464 g/mol. The highest BCUT2D eigenvalue weighted by Crippen LogP contribution is 2.67. The number of halogens is 1. The fourth-order valence-corrected chi connectivity index (χ4v) is 8.62. The van der Waals surface area contributed by atoms with Crippen molar-refractivity contribution in [1.29, 1.82) is 0 Å². The molecule has 0 aromatic heterocycles. The molecule has 0 spiro atoms. The van der Waals surface area contributed by atoms with Gasteiger partial charge in [0.05, 0.1) is 0 Å². The third-order valence-corrected chi connectivity index (χ3v) is 10.3. The topological polar surface area (TPSA) is 9.23 Å². The molecule has 5 aromatic rings. The van der Waals surface area contributed by atoms with Crippen molar-refractivity contribution in [2.24, 2.45) is 0 Å². The van der Waals surface area contributed by atoms with Gasteiger partial charge in [-0.05, 0) is 60.7 Å². The van der Waals surface area contributed by atoms with E-state index in [0.29, 0.717) is 11.3 Å². The molecule has 0 aliphatic heterocycles. The van der Waals surface area contributed by atoms with Crippen LogP contribution < -0.4 is 20.7 Å². The molecule has 0 bridgehead atoms. The molecule has 0 amide bonds. The number of hydrogen-bond acceptors (Lipinski definition) is 1. The highest BCUT2D eigenvalue weighted by molar-refractivity contribution is 7.95. The van der Waals surface area contributed by atoms with Gasteiger partial charge in [-0.3, -0.25) is 0 Å². The quantitative estimate of drug-likeness (QED) is 0.228. The molecule has 166 valence electrons. The highest BCUT2D eigenvalue weighted by atomic mass is 31.2. The summed E-state index contributed by atoms with van der Waals surface area (Å²) < 4.78 is 23.3. The summed E-state index contributed by atoms with van der Waals surface area (Å²) in [6, 6.07) is 47.3. The van der Waals surface area contributed by atoms with Crippen LogP contribution in [0.25, 0.3) is 0 Å². The number of hydrogen-bond donors (Lipinski definition) is 0. The lowest BCUT2D eigenvalue weighted by molar-refractivity contribution is 0.453. The first kappa shape index (κ1) is 22.1. The third-order valence-electron chi connectivity index (χ3n) is 5.94. The van der Waals surface area contributed by atoms with Crippen molar-refractivity contribution in [1.82, 2.24) is 0 Å². The Balaban J connectivity index is 1.69. The van der Waals surface area contributed by atoms with E-state index in [9.17, 15) is 0 Å². The Kier molecular flexibility index (Phi) is 6.51. The molecule has 5 rings (SSSR count). The summed E-state index contributed by atoms with van der Waals surface area (Å²) in [5, 5.41) is 3.03. The van der Waals surface area contributed by atoms with Gasteiger partial charge < -0.3 is 4.74 Å². The Morgan fingerprint density at radius 1 is 0.471 bits per heavy atom. The summed E-state index contributed by atoms with van der Waals surface area (Å²) in [6.07, 6.45) is 0. The Morgan fingerprint density at radius 3 is 1.35 bits per heavy atom. The second kappa shape index (κ2) is 10.0. The van der Waals surface area contributed by atoms with E-state index in [0.717, 1.165) is 21.7 Å². The lowest BCUT2D eigenvalue weighted by atomic mass is 10.2. The number of rotatable bonds is 7. The van der Waals surface area contributed by atoms with Crippen LogP contribution in [-0.4, -0.2) is 0 Å². The zero-order chi connectivity index (χ0) is 23.2. The van der Waals surface area contributed by atoms with Crippen LogP contribution in [0.5, 0.6) is 11.5 Å². The highest BCUT2D eigenvalue weighted by Gasteiger charge is 2.54. The maximum atomic E-state index is 17.2. The smallest absolute Gasteiger partial charge is 0.244 e. The van der Waals surface area contributed by atoms with Crippen LogP contribution in [0.4, 0.5) is 4.39 Å². The van der Waals surface area contributed by atoms with Gasteiger partial charge in [-0.1, -0.05) is 84.9 Å². The molecule has 34 heavy (non-hydrogen) atoms. The maximum Gasteiger partial charge on any atom is 0.244 e. The Labute approximate surface area is 200 Å². The molecule has 0 heterocycles. The minimum absolute atomic E-state index is 0.610. The molecule has 3 heteroatoms. The van der Waals surface area contributed by atoms with Crippen molar-refractivity contribution in [2.45, 2.75) is 5.91 Å². The van der Waals surface area contributed by atoms with E-state index in [1.807, 2.05) is 109 Å². The zero-order valence-corrected chi connectivity index (χ0v) is 19.6. The van der Waals surface area contributed by atoms with Crippen molar-refractivity contribution in [2.75, 3.05) is 0 Å². The summed E-state index contributed by atoms with van der Waals surface area (Å²) in [6.45, 7) is 0. The van der Waals surface area contributed by atoms with E-state index in [1.54, 1.807) is 0 Å². The summed E-state index contributed by atoms with van der Waals surface area (Å²) in [7, 11) is -2.69. The van der Waals surface area contributed by atoms with Crippen molar-refractivity contribution in [3.63, 3.8) is 0 Å². The lowest BCUT2D eigenvalue weighted by Crippen LogP contribution is -2.34. The molecule has 5 aromatic carbocycles. The van der Waals surface area contributed by atoms with Crippen LogP contribution in [0.1, 0.15) is 11.5 Å². The fraction of sp³-hybridized carbons (Fsp3) is 0.0323. The minimum atomic E-state index is -2.69. The second-order valence-electron chi connectivity index (χ2n) is 8.05. The Bertz CT molecular complexity index is 1230. The molecular formula is C31H25FOP+. The summed E-state index contributed by atoms with van der Waals surface area (Å²) in [5.74, 6) is 0.1000. The predicted octanol–water partition coefficient (Wildman–Crippen LogP) is 7.44.